The number of furan rings is 1. The van der Waals surface area contributed by atoms with Gasteiger partial charge < -0.3 is 9.73 Å². The van der Waals surface area contributed by atoms with Crippen molar-refractivity contribution in [3.8, 4) is 16.6 Å². The molecule has 4 rings (SSSR count). The molecule has 1 aromatic carbocycles. The molecule has 0 aliphatic rings. The van der Waals surface area contributed by atoms with Crippen molar-refractivity contribution >= 4 is 45.2 Å². The Balaban J connectivity index is 1.73. The molecule has 0 bridgehead atoms. The molecular formula is C21H12FN3O2S2. The number of nitrogens with zero attached hydrogens (tertiary/aromatic N) is 2. The van der Waals surface area contributed by atoms with Crippen LogP contribution in [0.3, 0.4) is 0 Å². The first-order valence-corrected chi connectivity index (χ1v) is 10.1. The minimum atomic E-state index is -0.399. The number of thiophene rings is 1. The molecule has 0 saturated carbocycles. The number of anilines is 1. The van der Waals surface area contributed by atoms with Crippen LogP contribution in [0.2, 0.25) is 0 Å². The maximum Gasteiger partial charge on any atom is 0.292 e. The maximum atomic E-state index is 13.1. The fourth-order valence-electron chi connectivity index (χ4n) is 2.54. The minimum Gasteiger partial charge on any atom is -0.459 e. The van der Waals surface area contributed by atoms with E-state index in [1.54, 1.807) is 30.3 Å². The molecule has 0 spiro atoms. The first-order valence-electron chi connectivity index (χ1n) is 8.41. The fourth-order valence-corrected chi connectivity index (χ4v) is 4.27. The third-order valence-electron chi connectivity index (χ3n) is 3.89. The summed E-state index contributed by atoms with van der Waals surface area (Å²) in [4.78, 5) is 17.9. The first-order chi connectivity index (χ1) is 14.1. The average Bonchev–Trinajstić information content (AvgIpc) is 3.48. The molecule has 0 aliphatic heterocycles. The molecule has 0 aliphatic carbocycles. The summed E-state index contributed by atoms with van der Waals surface area (Å²) in [6.07, 6.45) is 3.06. The second kappa shape index (κ2) is 8.22. The average molecular weight is 421 g/mol. The molecule has 0 radical (unpaired) electrons. The predicted molar refractivity (Wildman–Crippen MR) is 112 cm³/mol. The quantitative estimate of drug-likeness (QED) is 0.406. The summed E-state index contributed by atoms with van der Waals surface area (Å²) in [7, 11) is 0. The number of aromatic nitrogens is 1. The maximum absolute atomic E-state index is 13.1. The van der Waals surface area contributed by atoms with Gasteiger partial charge in [-0.3, -0.25) is 4.79 Å². The number of thiazole rings is 1. The summed E-state index contributed by atoms with van der Waals surface area (Å²) in [5.74, 6) is -0.568. The van der Waals surface area contributed by atoms with Crippen molar-refractivity contribution in [2.24, 2.45) is 0 Å². The smallest absolute Gasteiger partial charge is 0.292 e. The van der Waals surface area contributed by atoms with Crippen LogP contribution in [-0.2, 0) is 0 Å². The molecular weight excluding hydrogens is 409 g/mol. The molecule has 3 aromatic heterocycles. The van der Waals surface area contributed by atoms with E-state index in [1.807, 2.05) is 17.5 Å². The monoisotopic (exact) mass is 421 g/mol. The van der Waals surface area contributed by atoms with Crippen molar-refractivity contribution in [2.45, 2.75) is 0 Å². The van der Waals surface area contributed by atoms with Crippen LogP contribution in [0.25, 0.3) is 22.2 Å². The molecule has 3 heterocycles. The van der Waals surface area contributed by atoms with Crippen molar-refractivity contribution in [1.82, 2.24) is 4.98 Å². The Hall–Kier alpha value is -3.54. The largest absolute Gasteiger partial charge is 0.459 e. The number of allylic oxidation sites excluding steroid dienone is 1. The van der Waals surface area contributed by atoms with Gasteiger partial charge in [-0.25, -0.2) is 9.37 Å². The molecule has 29 heavy (non-hydrogen) atoms. The normalized spacial score (nSPS) is 11.2. The van der Waals surface area contributed by atoms with Crippen LogP contribution in [0, 0.1) is 17.1 Å². The van der Waals surface area contributed by atoms with E-state index in [4.69, 9.17) is 4.42 Å². The van der Waals surface area contributed by atoms with E-state index in [0.29, 0.717) is 26.8 Å². The second-order valence-electron chi connectivity index (χ2n) is 5.83. The zero-order chi connectivity index (χ0) is 20.2. The van der Waals surface area contributed by atoms with Crippen LogP contribution < -0.4 is 5.32 Å². The number of carbonyl (C=O) groups is 1. The highest BCUT2D eigenvalue weighted by Crippen LogP contribution is 2.38. The van der Waals surface area contributed by atoms with Gasteiger partial charge in [-0.15, -0.1) is 11.3 Å². The number of amides is 1. The van der Waals surface area contributed by atoms with Crippen LogP contribution in [-0.4, -0.2) is 10.9 Å². The van der Waals surface area contributed by atoms with Gasteiger partial charge in [0.25, 0.3) is 5.91 Å². The van der Waals surface area contributed by atoms with Crippen molar-refractivity contribution in [3.05, 3.63) is 82.3 Å². The highest BCUT2D eigenvalue weighted by molar-refractivity contribution is 7.19. The Labute approximate surface area is 173 Å². The summed E-state index contributed by atoms with van der Waals surface area (Å²) < 4.78 is 18.3. The third-order valence-corrected chi connectivity index (χ3v) is 5.77. The Morgan fingerprint density at radius 2 is 2.03 bits per heavy atom. The number of hydrogen-bond donors (Lipinski definition) is 1. The van der Waals surface area contributed by atoms with E-state index in [2.05, 4.69) is 16.4 Å². The van der Waals surface area contributed by atoms with Crippen LogP contribution in [0.4, 0.5) is 9.39 Å². The van der Waals surface area contributed by atoms with Crippen LogP contribution in [0.15, 0.2) is 64.6 Å². The molecule has 142 valence electrons. The standard InChI is InChI=1S/C21H12FN3O2S2/c22-15-7-5-13(6-8-15)11-14(12-23)20-24-18(17-4-2-10-28-17)21(29-20)25-19(26)16-3-1-9-27-16/h1-11H,(H,25,26). The van der Waals surface area contributed by atoms with E-state index < -0.39 is 5.91 Å². The molecule has 0 fully saturated rings. The molecule has 0 saturated heterocycles. The zero-order valence-corrected chi connectivity index (χ0v) is 16.4. The number of rotatable bonds is 5. The summed E-state index contributed by atoms with van der Waals surface area (Å²) >= 11 is 2.67. The summed E-state index contributed by atoms with van der Waals surface area (Å²) in [6, 6.07) is 14.9. The minimum absolute atomic E-state index is 0.180. The van der Waals surface area contributed by atoms with Gasteiger partial charge in [0.05, 0.1) is 16.7 Å². The lowest BCUT2D eigenvalue weighted by Gasteiger charge is -2.01. The number of halogens is 1. The molecule has 1 amide bonds. The highest BCUT2D eigenvalue weighted by Gasteiger charge is 2.20. The van der Waals surface area contributed by atoms with E-state index >= 15 is 0 Å². The van der Waals surface area contributed by atoms with Gasteiger partial charge in [-0.05, 0) is 47.4 Å². The van der Waals surface area contributed by atoms with Gasteiger partial charge in [-0.2, -0.15) is 5.26 Å². The molecule has 0 unspecified atom stereocenters. The van der Waals surface area contributed by atoms with E-state index in [9.17, 15) is 14.4 Å². The number of carbonyl (C=O) groups excluding carboxylic acids is 1. The van der Waals surface area contributed by atoms with Crippen molar-refractivity contribution in [3.63, 3.8) is 0 Å². The summed E-state index contributed by atoms with van der Waals surface area (Å²) in [5, 5.41) is 15.3. The molecule has 0 atom stereocenters. The van der Waals surface area contributed by atoms with Gasteiger partial charge in [0.2, 0.25) is 0 Å². The predicted octanol–water partition coefficient (Wildman–Crippen LogP) is 5.92. The lowest BCUT2D eigenvalue weighted by atomic mass is 10.1. The van der Waals surface area contributed by atoms with E-state index in [1.165, 1.54) is 41.1 Å². The van der Waals surface area contributed by atoms with Crippen molar-refractivity contribution in [1.29, 1.82) is 5.26 Å². The van der Waals surface area contributed by atoms with Crippen LogP contribution in [0.1, 0.15) is 21.1 Å². The molecule has 5 nitrogen and oxygen atoms in total. The van der Waals surface area contributed by atoms with E-state index in [-0.39, 0.29) is 11.6 Å². The lowest BCUT2D eigenvalue weighted by Crippen LogP contribution is -2.10. The van der Waals surface area contributed by atoms with Gasteiger partial charge in [0, 0.05) is 0 Å². The lowest BCUT2D eigenvalue weighted by molar-refractivity contribution is 0.0997. The zero-order valence-electron chi connectivity index (χ0n) is 14.8. The number of nitrogens with one attached hydrogen (secondary N) is 1. The SMILES string of the molecule is N#CC(=Cc1ccc(F)cc1)c1nc(-c2cccs2)c(NC(=O)c2ccco2)s1. The number of benzene rings is 1. The summed E-state index contributed by atoms with van der Waals surface area (Å²) in [5.41, 5.74) is 1.58. The van der Waals surface area contributed by atoms with E-state index in [0.717, 1.165) is 4.88 Å². The van der Waals surface area contributed by atoms with Gasteiger partial charge >= 0.3 is 0 Å². The summed E-state index contributed by atoms with van der Waals surface area (Å²) in [6.45, 7) is 0. The Morgan fingerprint density at radius 1 is 1.21 bits per heavy atom. The highest BCUT2D eigenvalue weighted by atomic mass is 32.1. The number of nitriles is 1. The van der Waals surface area contributed by atoms with Gasteiger partial charge in [-0.1, -0.05) is 29.5 Å². The molecule has 1 N–H and O–H groups in total. The Morgan fingerprint density at radius 3 is 2.69 bits per heavy atom. The first kappa shape index (κ1) is 18.8. The van der Waals surface area contributed by atoms with Gasteiger partial charge in [0.15, 0.2) is 5.76 Å². The Kier molecular flexibility index (Phi) is 5.33. The topological polar surface area (TPSA) is 78.9 Å². The molecule has 8 heteroatoms. The van der Waals surface area contributed by atoms with Crippen molar-refractivity contribution in [2.75, 3.05) is 5.32 Å². The third kappa shape index (κ3) is 4.16. The fraction of sp³-hybridized carbons (Fsp3) is 0. The van der Waals surface area contributed by atoms with Crippen LogP contribution >= 0.6 is 22.7 Å². The molecule has 4 aromatic rings. The van der Waals surface area contributed by atoms with Gasteiger partial charge in [0.1, 0.15) is 27.6 Å². The van der Waals surface area contributed by atoms with Crippen molar-refractivity contribution < 1.29 is 13.6 Å². The number of hydrogen-bond acceptors (Lipinski definition) is 6. The Bertz CT molecular complexity index is 1200. The van der Waals surface area contributed by atoms with Crippen LogP contribution in [0.5, 0.6) is 0 Å². The second-order valence-corrected chi connectivity index (χ2v) is 7.77.